The summed E-state index contributed by atoms with van der Waals surface area (Å²) in [5.74, 6) is -0.322. The molecule has 0 aromatic heterocycles. The average Bonchev–Trinajstić information content (AvgIpc) is 3.34. The molecular weight excluding hydrogens is 424 g/mol. The number of rotatable bonds is 8. The highest BCUT2D eigenvalue weighted by molar-refractivity contribution is 7.89. The number of carbonyl (C=O) groups is 2. The molecule has 0 unspecified atom stereocenters. The summed E-state index contributed by atoms with van der Waals surface area (Å²) < 4.78 is 41.8. The van der Waals surface area contributed by atoms with Gasteiger partial charge in [0, 0.05) is 19.2 Å². The number of sulfonamides is 1. The summed E-state index contributed by atoms with van der Waals surface area (Å²) in [6.45, 7) is 0.488. The molecule has 0 saturated carbocycles. The molecule has 1 heterocycles. The summed E-state index contributed by atoms with van der Waals surface area (Å²) in [5, 5.41) is 2.60. The first-order chi connectivity index (χ1) is 14.8. The summed E-state index contributed by atoms with van der Waals surface area (Å²) >= 11 is 0. The van der Waals surface area contributed by atoms with Crippen LogP contribution >= 0.6 is 0 Å². The summed E-state index contributed by atoms with van der Waals surface area (Å²) in [7, 11) is -0.586. The van der Waals surface area contributed by atoms with Gasteiger partial charge in [-0.2, -0.15) is 4.31 Å². The Morgan fingerprint density at radius 3 is 2.29 bits per heavy atom. The van der Waals surface area contributed by atoms with E-state index in [0.717, 1.165) is 12.8 Å². The minimum atomic E-state index is -3.56. The van der Waals surface area contributed by atoms with Crippen molar-refractivity contribution in [2.45, 2.75) is 17.7 Å². The first-order valence-corrected chi connectivity index (χ1v) is 11.1. The zero-order valence-electron chi connectivity index (χ0n) is 17.3. The molecule has 0 atom stereocenters. The van der Waals surface area contributed by atoms with Crippen LogP contribution < -0.4 is 14.8 Å². The first-order valence-electron chi connectivity index (χ1n) is 9.64. The molecule has 0 aliphatic carbocycles. The zero-order chi connectivity index (χ0) is 22.4. The Morgan fingerprint density at radius 1 is 1.00 bits per heavy atom. The molecule has 1 N–H and O–H groups in total. The van der Waals surface area contributed by atoms with E-state index in [-0.39, 0.29) is 10.5 Å². The van der Waals surface area contributed by atoms with Crippen molar-refractivity contribution in [3.05, 3.63) is 48.0 Å². The van der Waals surface area contributed by atoms with Crippen LogP contribution in [-0.2, 0) is 19.6 Å². The fraction of sp³-hybridized carbons (Fsp3) is 0.333. The van der Waals surface area contributed by atoms with E-state index < -0.39 is 28.5 Å². The third-order valence-electron chi connectivity index (χ3n) is 4.81. The van der Waals surface area contributed by atoms with Gasteiger partial charge >= 0.3 is 5.97 Å². The fourth-order valence-electron chi connectivity index (χ4n) is 3.14. The SMILES string of the molecule is COc1ccc(NC(=O)COC(=O)c2ccc(S(=O)(=O)N3CCCC3)cc2)c(OC)c1. The van der Waals surface area contributed by atoms with E-state index in [1.807, 2.05) is 0 Å². The molecule has 1 amide bonds. The van der Waals surface area contributed by atoms with Crippen molar-refractivity contribution in [2.24, 2.45) is 0 Å². The first kappa shape index (κ1) is 22.6. The van der Waals surface area contributed by atoms with E-state index in [9.17, 15) is 18.0 Å². The van der Waals surface area contributed by atoms with Crippen molar-refractivity contribution in [1.82, 2.24) is 4.31 Å². The Morgan fingerprint density at radius 2 is 1.68 bits per heavy atom. The molecule has 0 bridgehead atoms. The van der Waals surface area contributed by atoms with Gasteiger partial charge in [0.05, 0.1) is 30.4 Å². The Bertz CT molecular complexity index is 1050. The van der Waals surface area contributed by atoms with Crippen molar-refractivity contribution in [3.8, 4) is 11.5 Å². The number of methoxy groups -OCH3 is 2. The van der Waals surface area contributed by atoms with Gasteiger partial charge in [-0.15, -0.1) is 0 Å². The van der Waals surface area contributed by atoms with E-state index in [2.05, 4.69) is 5.32 Å². The van der Waals surface area contributed by atoms with E-state index in [1.165, 1.54) is 42.8 Å². The second-order valence-electron chi connectivity index (χ2n) is 6.83. The predicted octanol–water partition coefficient (Wildman–Crippen LogP) is 2.28. The highest BCUT2D eigenvalue weighted by Crippen LogP contribution is 2.29. The van der Waals surface area contributed by atoms with Crippen molar-refractivity contribution in [3.63, 3.8) is 0 Å². The number of carbonyl (C=O) groups excluding carboxylic acids is 2. The molecule has 31 heavy (non-hydrogen) atoms. The van der Waals surface area contributed by atoms with Crippen molar-refractivity contribution < 1.29 is 32.2 Å². The van der Waals surface area contributed by atoms with Crippen LogP contribution in [0.4, 0.5) is 5.69 Å². The number of nitrogens with one attached hydrogen (secondary N) is 1. The topological polar surface area (TPSA) is 111 Å². The lowest BCUT2D eigenvalue weighted by molar-refractivity contribution is -0.119. The number of amides is 1. The molecule has 166 valence electrons. The van der Waals surface area contributed by atoms with Crippen LogP contribution in [0.1, 0.15) is 23.2 Å². The van der Waals surface area contributed by atoms with Crippen LogP contribution in [0.2, 0.25) is 0 Å². The number of anilines is 1. The quantitative estimate of drug-likeness (QED) is 0.617. The molecular formula is C21H24N2O7S. The minimum Gasteiger partial charge on any atom is -0.497 e. The summed E-state index contributed by atoms with van der Waals surface area (Å²) in [4.78, 5) is 24.5. The predicted molar refractivity (Wildman–Crippen MR) is 113 cm³/mol. The van der Waals surface area contributed by atoms with Gasteiger partial charge in [-0.25, -0.2) is 13.2 Å². The number of benzene rings is 2. The van der Waals surface area contributed by atoms with E-state index in [4.69, 9.17) is 14.2 Å². The van der Waals surface area contributed by atoms with E-state index in [0.29, 0.717) is 30.3 Å². The normalized spacial score (nSPS) is 14.1. The average molecular weight is 448 g/mol. The molecule has 3 rings (SSSR count). The number of hydrogen-bond acceptors (Lipinski definition) is 7. The third kappa shape index (κ3) is 5.33. The molecule has 1 saturated heterocycles. The maximum absolute atomic E-state index is 12.5. The van der Waals surface area contributed by atoms with Crippen LogP contribution in [0.5, 0.6) is 11.5 Å². The third-order valence-corrected chi connectivity index (χ3v) is 6.72. The number of ether oxygens (including phenoxy) is 3. The van der Waals surface area contributed by atoms with Gasteiger partial charge in [0.1, 0.15) is 11.5 Å². The Balaban J connectivity index is 1.57. The second-order valence-corrected chi connectivity index (χ2v) is 8.76. The Labute approximate surface area is 181 Å². The van der Waals surface area contributed by atoms with Crippen LogP contribution in [0.15, 0.2) is 47.4 Å². The van der Waals surface area contributed by atoms with Crippen molar-refractivity contribution in [1.29, 1.82) is 0 Å². The van der Waals surface area contributed by atoms with Gasteiger partial charge in [-0.05, 0) is 49.2 Å². The maximum atomic E-state index is 12.5. The Kier molecular flexibility index (Phi) is 7.13. The van der Waals surface area contributed by atoms with Crippen LogP contribution in [-0.4, -0.2) is 58.5 Å². The van der Waals surface area contributed by atoms with E-state index >= 15 is 0 Å². The van der Waals surface area contributed by atoms with Crippen molar-refractivity contribution in [2.75, 3.05) is 39.2 Å². The highest BCUT2D eigenvalue weighted by Gasteiger charge is 2.27. The molecule has 1 fully saturated rings. The van der Waals surface area contributed by atoms with Crippen LogP contribution in [0.25, 0.3) is 0 Å². The standard InChI is InChI=1S/C21H24N2O7S/c1-28-16-7-10-18(19(13-16)29-2)22-20(24)14-30-21(25)15-5-8-17(9-6-15)31(26,27)23-11-3-4-12-23/h5-10,13H,3-4,11-12,14H2,1-2H3,(H,22,24). The monoisotopic (exact) mass is 448 g/mol. The lowest BCUT2D eigenvalue weighted by atomic mass is 10.2. The molecule has 1 aliphatic heterocycles. The summed E-state index contributed by atoms with van der Waals surface area (Å²) in [6.07, 6.45) is 1.68. The van der Waals surface area contributed by atoms with Gasteiger partial charge in [-0.3, -0.25) is 4.79 Å². The zero-order valence-corrected chi connectivity index (χ0v) is 18.1. The lowest BCUT2D eigenvalue weighted by Gasteiger charge is -2.15. The molecule has 2 aromatic rings. The molecule has 1 aliphatic rings. The van der Waals surface area contributed by atoms with Gasteiger partial charge in [-0.1, -0.05) is 0 Å². The summed E-state index contributed by atoms with van der Waals surface area (Å²) in [6, 6.07) is 10.3. The van der Waals surface area contributed by atoms with Gasteiger partial charge < -0.3 is 19.5 Å². The highest BCUT2D eigenvalue weighted by atomic mass is 32.2. The second kappa shape index (κ2) is 9.80. The smallest absolute Gasteiger partial charge is 0.338 e. The van der Waals surface area contributed by atoms with Crippen molar-refractivity contribution >= 4 is 27.6 Å². The molecule has 0 radical (unpaired) electrons. The fourth-order valence-corrected chi connectivity index (χ4v) is 4.66. The molecule has 9 nitrogen and oxygen atoms in total. The number of nitrogens with zero attached hydrogens (tertiary/aromatic N) is 1. The molecule has 2 aromatic carbocycles. The minimum absolute atomic E-state index is 0.121. The number of hydrogen-bond donors (Lipinski definition) is 1. The number of esters is 1. The summed E-state index contributed by atoms with van der Waals surface area (Å²) in [5.41, 5.74) is 0.552. The largest absolute Gasteiger partial charge is 0.497 e. The van der Waals surface area contributed by atoms with E-state index in [1.54, 1.807) is 18.2 Å². The molecule has 0 spiro atoms. The van der Waals surface area contributed by atoms with Gasteiger partial charge in [0.25, 0.3) is 5.91 Å². The Hall–Kier alpha value is -3.11. The van der Waals surface area contributed by atoms with Gasteiger partial charge in [0.2, 0.25) is 10.0 Å². The van der Waals surface area contributed by atoms with Crippen LogP contribution in [0.3, 0.4) is 0 Å². The van der Waals surface area contributed by atoms with Crippen LogP contribution in [0, 0.1) is 0 Å². The molecule has 10 heteroatoms. The van der Waals surface area contributed by atoms with Gasteiger partial charge in [0.15, 0.2) is 6.61 Å². The maximum Gasteiger partial charge on any atom is 0.338 e. The lowest BCUT2D eigenvalue weighted by Crippen LogP contribution is -2.27.